The summed E-state index contributed by atoms with van der Waals surface area (Å²) in [6.07, 6.45) is 2.39. The van der Waals surface area contributed by atoms with E-state index in [1.807, 2.05) is 11.8 Å². The van der Waals surface area contributed by atoms with Crippen molar-refractivity contribution in [1.82, 2.24) is 0 Å². The minimum Gasteiger partial charge on any atom is -0.127 e. The van der Waals surface area contributed by atoms with Crippen LogP contribution >= 0.6 is 23.4 Å². The van der Waals surface area contributed by atoms with Gasteiger partial charge in [0.1, 0.15) is 0 Å². The molecule has 0 fully saturated rings. The molecule has 0 spiro atoms. The SMILES string of the molecule is Cc1ccc(SCCC(C)CCCl)c(C)c1. The van der Waals surface area contributed by atoms with Crippen molar-refractivity contribution in [3.8, 4) is 0 Å². The Bertz CT molecular complexity index is 323. The van der Waals surface area contributed by atoms with Gasteiger partial charge in [0.05, 0.1) is 0 Å². The standard InChI is InChI=1S/C14H21ClS/c1-11(6-8-15)7-9-16-14-5-4-12(2)10-13(14)3/h4-5,10-11H,6-9H2,1-3H3. The fourth-order valence-corrected chi connectivity index (χ4v) is 3.23. The molecule has 1 unspecified atom stereocenters. The molecule has 1 atom stereocenters. The first-order valence-corrected chi connectivity index (χ1v) is 7.41. The molecule has 0 radical (unpaired) electrons. The Balaban J connectivity index is 2.37. The summed E-state index contributed by atoms with van der Waals surface area (Å²) < 4.78 is 0. The maximum Gasteiger partial charge on any atom is 0.0225 e. The number of halogens is 1. The van der Waals surface area contributed by atoms with Gasteiger partial charge in [-0.15, -0.1) is 23.4 Å². The minimum absolute atomic E-state index is 0.746. The predicted octanol–water partition coefficient (Wildman–Crippen LogP) is 5.05. The Morgan fingerprint density at radius 2 is 2.00 bits per heavy atom. The Kier molecular flexibility index (Phi) is 6.30. The van der Waals surface area contributed by atoms with E-state index in [9.17, 15) is 0 Å². The molecule has 0 aliphatic heterocycles. The molecule has 0 N–H and O–H groups in total. The molecule has 16 heavy (non-hydrogen) atoms. The lowest BCUT2D eigenvalue weighted by atomic mass is 10.1. The van der Waals surface area contributed by atoms with Crippen LogP contribution in [0.2, 0.25) is 0 Å². The third kappa shape index (κ3) is 4.80. The van der Waals surface area contributed by atoms with Crippen LogP contribution in [0.3, 0.4) is 0 Å². The first-order valence-electron chi connectivity index (χ1n) is 5.89. The molecule has 0 aromatic heterocycles. The van der Waals surface area contributed by atoms with E-state index in [4.69, 9.17) is 11.6 Å². The van der Waals surface area contributed by atoms with Crippen molar-refractivity contribution in [1.29, 1.82) is 0 Å². The molecule has 1 rings (SSSR count). The van der Waals surface area contributed by atoms with Crippen molar-refractivity contribution in [2.75, 3.05) is 11.6 Å². The summed E-state index contributed by atoms with van der Waals surface area (Å²) >= 11 is 7.70. The van der Waals surface area contributed by atoms with Crippen LogP contribution in [0, 0.1) is 19.8 Å². The number of alkyl halides is 1. The van der Waals surface area contributed by atoms with E-state index in [-0.39, 0.29) is 0 Å². The van der Waals surface area contributed by atoms with Gasteiger partial charge in [-0.2, -0.15) is 0 Å². The monoisotopic (exact) mass is 256 g/mol. The lowest BCUT2D eigenvalue weighted by molar-refractivity contribution is 0.552. The summed E-state index contributed by atoms with van der Waals surface area (Å²) in [4.78, 5) is 1.42. The third-order valence-electron chi connectivity index (χ3n) is 2.80. The van der Waals surface area contributed by atoms with Gasteiger partial charge in [0.15, 0.2) is 0 Å². The lowest BCUT2D eigenvalue weighted by Gasteiger charge is -2.10. The van der Waals surface area contributed by atoms with Gasteiger partial charge in [0, 0.05) is 10.8 Å². The highest BCUT2D eigenvalue weighted by Gasteiger charge is 2.03. The molecule has 0 heterocycles. The summed E-state index contributed by atoms with van der Waals surface area (Å²) in [6.45, 7) is 6.62. The van der Waals surface area contributed by atoms with E-state index >= 15 is 0 Å². The summed E-state index contributed by atoms with van der Waals surface area (Å²) in [6, 6.07) is 6.68. The number of benzene rings is 1. The summed E-state index contributed by atoms with van der Waals surface area (Å²) in [5.41, 5.74) is 2.74. The maximum atomic E-state index is 5.73. The first-order chi connectivity index (χ1) is 7.63. The second-order valence-corrected chi connectivity index (χ2v) is 6.00. The molecule has 0 saturated heterocycles. The molecule has 0 aliphatic rings. The zero-order valence-electron chi connectivity index (χ0n) is 10.4. The van der Waals surface area contributed by atoms with Crippen LogP contribution in [0.1, 0.15) is 30.9 Å². The highest BCUT2D eigenvalue weighted by molar-refractivity contribution is 7.99. The van der Waals surface area contributed by atoms with E-state index in [2.05, 4.69) is 39.0 Å². The molecule has 0 saturated carbocycles. The van der Waals surface area contributed by atoms with Crippen molar-refractivity contribution in [2.45, 2.75) is 38.5 Å². The Labute approximate surface area is 109 Å². The van der Waals surface area contributed by atoms with Gasteiger partial charge < -0.3 is 0 Å². The van der Waals surface area contributed by atoms with Crippen LogP contribution in [-0.2, 0) is 0 Å². The van der Waals surface area contributed by atoms with Crippen LogP contribution in [0.25, 0.3) is 0 Å². The van der Waals surface area contributed by atoms with E-state index in [0.717, 1.165) is 18.2 Å². The van der Waals surface area contributed by atoms with Gasteiger partial charge in [0.2, 0.25) is 0 Å². The van der Waals surface area contributed by atoms with Crippen LogP contribution in [0.15, 0.2) is 23.1 Å². The molecule has 0 bridgehead atoms. The van der Waals surface area contributed by atoms with Gasteiger partial charge >= 0.3 is 0 Å². The number of hydrogen-bond acceptors (Lipinski definition) is 1. The van der Waals surface area contributed by atoms with E-state index in [1.165, 1.54) is 28.2 Å². The molecule has 2 heteroatoms. The number of aryl methyl sites for hydroxylation is 2. The quantitative estimate of drug-likeness (QED) is 0.507. The minimum atomic E-state index is 0.746. The summed E-state index contributed by atoms with van der Waals surface area (Å²) in [7, 11) is 0. The van der Waals surface area contributed by atoms with Gasteiger partial charge in [-0.3, -0.25) is 0 Å². The molecule has 90 valence electrons. The largest absolute Gasteiger partial charge is 0.127 e. The second-order valence-electron chi connectivity index (χ2n) is 4.49. The van der Waals surface area contributed by atoms with Crippen LogP contribution in [0.4, 0.5) is 0 Å². The smallest absolute Gasteiger partial charge is 0.0225 e. The topological polar surface area (TPSA) is 0 Å². The van der Waals surface area contributed by atoms with Gasteiger partial charge in [-0.05, 0) is 50.0 Å². The molecular weight excluding hydrogens is 236 g/mol. The fraction of sp³-hybridized carbons (Fsp3) is 0.571. The zero-order chi connectivity index (χ0) is 12.0. The third-order valence-corrected chi connectivity index (χ3v) is 4.23. The summed E-state index contributed by atoms with van der Waals surface area (Å²) in [5.74, 6) is 2.73. The van der Waals surface area contributed by atoms with Gasteiger partial charge in [0.25, 0.3) is 0 Å². The summed E-state index contributed by atoms with van der Waals surface area (Å²) in [5, 5.41) is 0. The van der Waals surface area contributed by atoms with Crippen LogP contribution in [-0.4, -0.2) is 11.6 Å². The highest BCUT2D eigenvalue weighted by atomic mass is 35.5. The zero-order valence-corrected chi connectivity index (χ0v) is 12.0. The highest BCUT2D eigenvalue weighted by Crippen LogP contribution is 2.25. The number of thioether (sulfide) groups is 1. The molecule has 0 aliphatic carbocycles. The average Bonchev–Trinajstić information content (AvgIpc) is 2.22. The molecule has 1 aromatic rings. The Morgan fingerprint density at radius 3 is 2.62 bits per heavy atom. The normalized spacial score (nSPS) is 12.8. The maximum absolute atomic E-state index is 5.73. The fourth-order valence-electron chi connectivity index (χ4n) is 1.66. The lowest BCUT2D eigenvalue weighted by Crippen LogP contribution is -1.97. The second kappa shape index (κ2) is 7.24. The number of rotatable bonds is 6. The number of hydrogen-bond donors (Lipinski definition) is 0. The predicted molar refractivity (Wildman–Crippen MR) is 75.8 cm³/mol. The van der Waals surface area contributed by atoms with E-state index in [0.29, 0.717) is 0 Å². The van der Waals surface area contributed by atoms with Gasteiger partial charge in [-0.25, -0.2) is 0 Å². The average molecular weight is 257 g/mol. The van der Waals surface area contributed by atoms with Crippen LogP contribution in [0.5, 0.6) is 0 Å². The molecule has 0 amide bonds. The van der Waals surface area contributed by atoms with E-state index < -0.39 is 0 Å². The molecular formula is C14H21ClS. The van der Waals surface area contributed by atoms with Crippen molar-refractivity contribution in [2.24, 2.45) is 5.92 Å². The van der Waals surface area contributed by atoms with E-state index in [1.54, 1.807) is 0 Å². The van der Waals surface area contributed by atoms with Crippen LogP contribution < -0.4 is 0 Å². The first kappa shape index (κ1) is 13.9. The molecule has 0 nitrogen and oxygen atoms in total. The Hall–Kier alpha value is -0.140. The van der Waals surface area contributed by atoms with Crippen molar-refractivity contribution in [3.05, 3.63) is 29.3 Å². The Morgan fingerprint density at radius 1 is 1.25 bits per heavy atom. The molecule has 1 aromatic carbocycles. The van der Waals surface area contributed by atoms with Crippen molar-refractivity contribution < 1.29 is 0 Å². The van der Waals surface area contributed by atoms with Crippen molar-refractivity contribution >= 4 is 23.4 Å². The van der Waals surface area contributed by atoms with Gasteiger partial charge in [-0.1, -0.05) is 24.6 Å². The van der Waals surface area contributed by atoms with Crippen molar-refractivity contribution in [3.63, 3.8) is 0 Å².